The monoisotopic (exact) mass is 388 g/mol. The second-order valence-electron chi connectivity index (χ2n) is 5.76. The third-order valence-corrected chi connectivity index (χ3v) is 4.96. The van der Waals surface area contributed by atoms with E-state index in [-0.39, 0.29) is 6.04 Å². The van der Waals surface area contributed by atoms with Gasteiger partial charge in [-0.3, -0.25) is 0 Å². The molecule has 3 aromatic rings. The van der Waals surface area contributed by atoms with Crippen LogP contribution in [0.4, 0.5) is 0 Å². The third-order valence-electron chi connectivity index (χ3n) is 4.29. The molecule has 0 fully saturated rings. The first-order valence-corrected chi connectivity index (χ1v) is 8.40. The van der Waals surface area contributed by atoms with Crippen LogP contribution in [0.15, 0.2) is 42.5 Å². The molecule has 1 aromatic heterocycles. The van der Waals surface area contributed by atoms with Crippen molar-refractivity contribution in [3.8, 4) is 0 Å². The summed E-state index contributed by atoms with van der Waals surface area (Å²) in [6, 6.07) is 15.7. The number of halogens is 1. The van der Waals surface area contributed by atoms with Crippen molar-refractivity contribution in [3.05, 3.63) is 68.4 Å². The lowest BCUT2D eigenvalue weighted by Crippen LogP contribution is -2.30. The highest BCUT2D eigenvalue weighted by molar-refractivity contribution is 14.1. The normalized spacial score (nSPS) is 17.9. The second-order valence-corrected chi connectivity index (χ2v) is 7.00. The van der Waals surface area contributed by atoms with Gasteiger partial charge in [-0.25, -0.2) is 0 Å². The Kier molecular flexibility index (Phi) is 3.27. The molecule has 0 radical (unpaired) electrons. The Bertz CT molecular complexity index is 819. The summed E-state index contributed by atoms with van der Waals surface area (Å²) < 4.78 is 1.28. The van der Waals surface area contributed by atoms with Gasteiger partial charge in [-0.05, 0) is 71.3 Å². The molecule has 0 saturated carbocycles. The van der Waals surface area contributed by atoms with Crippen molar-refractivity contribution in [2.75, 3.05) is 6.54 Å². The predicted octanol–water partition coefficient (Wildman–Crippen LogP) is 4.32. The second kappa shape index (κ2) is 5.14. The minimum atomic E-state index is 0.274. The highest BCUT2D eigenvalue weighted by Gasteiger charge is 2.25. The standard InChI is InChI=1S/C18H17IN2/c1-11-5-6-16-15(9-11)14-7-8-20-17(18(14)21-16)12-3-2-4-13(19)10-12/h2-6,9-10,17,20-21H,7-8H2,1H3. The number of nitrogens with one attached hydrogen (secondary N) is 2. The summed E-state index contributed by atoms with van der Waals surface area (Å²) in [5, 5.41) is 5.05. The third kappa shape index (κ3) is 2.28. The van der Waals surface area contributed by atoms with Gasteiger partial charge in [0.25, 0.3) is 0 Å². The average molecular weight is 388 g/mol. The van der Waals surface area contributed by atoms with Crippen LogP contribution in [0.25, 0.3) is 10.9 Å². The molecule has 1 aliphatic heterocycles. The maximum Gasteiger partial charge on any atom is 0.0732 e. The van der Waals surface area contributed by atoms with Crippen LogP contribution in [-0.4, -0.2) is 11.5 Å². The van der Waals surface area contributed by atoms with E-state index in [0.717, 1.165) is 13.0 Å². The lowest BCUT2D eigenvalue weighted by molar-refractivity contribution is 0.560. The van der Waals surface area contributed by atoms with E-state index in [9.17, 15) is 0 Å². The maximum absolute atomic E-state index is 3.66. The molecule has 0 saturated heterocycles. The van der Waals surface area contributed by atoms with Gasteiger partial charge in [0.2, 0.25) is 0 Å². The fourth-order valence-electron chi connectivity index (χ4n) is 3.31. The first-order chi connectivity index (χ1) is 10.2. The van der Waals surface area contributed by atoms with Gasteiger partial charge in [0.15, 0.2) is 0 Å². The molecular weight excluding hydrogens is 371 g/mol. The van der Waals surface area contributed by atoms with Crippen molar-refractivity contribution in [1.82, 2.24) is 10.3 Å². The summed E-state index contributed by atoms with van der Waals surface area (Å²) in [5.74, 6) is 0. The zero-order valence-corrected chi connectivity index (χ0v) is 14.1. The van der Waals surface area contributed by atoms with E-state index < -0.39 is 0 Å². The summed E-state index contributed by atoms with van der Waals surface area (Å²) in [7, 11) is 0. The highest BCUT2D eigenvalue weighted by Crippen LogP contribution is 2.34. The van der Waals surface area contributed by atoms with Gasteiger partial charge in [0.05, 0.1) is 6.04 Å². The van der Waals surface area contributed by atoms with Crippen molar-refractivity contribution in [2.45, 2.75) is 19.4 Å². The number of benzene rings is 2. The lowest BCUT2D eigenvalue weighted by atomic mass is 9.94. The Labute approximate surface area is 138 Å². The summed E-state index contributed by atoms with van der Waals surface area (Å²) in [6.45, 7) is 3.20. The van der Waals surface area contributed by atoms with E-state index in [2.05, 4.69) is 82.3 Å². The van der Waals surface area contributed by atoms with Crippen LogP contribution in [0.2, 0.25) is 0 Å². The number of fused-ring (bicyclic) bond motifs is 3. The largest absolute Gasteiger partial charge is 0.357 e. The van der Waals surface area contributed by atoms with Crippen LogP contribution in [0.1, 0.15) is 28.4 Å². The molecule has 0 amide bonds. The number of aryl methyl sites for hydroxylation is 1. The minimum absolute atomic E-state index is 0.274. The molecule has 1 aliphatic rings. The quantitative estimate of drug-likeness (QED) is 0.598. The average Bonchev–Trinajstić information content (AvgIpc) is 2.85. The zero-order valence-electron chi connectivity index (χ0n) is 11.9. The lowest BCUT2D eigenvalue weighted by Gasteiger charge is -2.25. The number of aromatic nitrogens is 1. The smallest absolute Gasteiger partial charge is 0.0732 e. The fourth-order valence-corrected chi connectivity index (χ4v) is 3.88. The fraction of sp³-hybridized carbons (Fsp3) is 0.222. The van der Waals surface area contributed by atoms with Gasteiger partial charge >= 0.3 is 0 Å². The van der Waals surface area contributed by atoms with Crippen molar-refractivity contribution in [3.63, 3.8) is 0 Å². The molecular formula is C18H17IN2. The summed E-state index contributed by atoms with van der Waals surface area (Å²) in [6.07, 6.45) is 1.10. The predicted molar refractivity (Wildman–Crippen MR) is 95.7 cm³/mol. The van der Waals surface area contributed by atoms with Crippen LogP contribution in [0.3, 0.4) is 0 Å². The van der Waals surface area contributed by atoms with Crippen molar-refractivity contribution in [1.29, 1.82) is 0 Å². The van der Waals surface area contributed by atoms with Crippen LogP contribution >= 0.6 is 22.6 Å². The highest BCUT2D eigenvalue weighted by atomic mass is 127. The van der Waals surface area contributed by atoms with Crippen molar-refractivity contribution in [2.24, 2.45) is 0 Å². The molecule has 4 rings (SSSR count). The Morgan fingerprint density at radius 1 is 1.14 bits per heavy atom. The molecule has 1 atom stereocenters. The molecule has 2 aromatic carbocycles. The van der Waals surface area contributed by atoms with E-state index >= 15 is 0 Å². The topological polar surface area (TPSA) is 27.8 Å². The van der Waals surface area contributed by atoms with E-state index in [4.69, 9.17) is 0 Å². The first-order valence-electron chi connectivity index (χ1n) is 7.32. The Morgan fingerprint density at radius 2 is 2.05 bits per heavy atom. The Hall–Kier alpha value is -1.33. The van der Waals surface area contributed by atoms with Crippen LogP contribution < -0.4 is 5.32 Å². The van der Waals surface area contributed by atoms with Crippen molar-refractivity contribution < 1.29 is 0 Å². The zero-order chi connectivity index (χ0) is 14.4. The Balaban J connectivity index is 1.90. The molecule has 1 unspecified atom stereocenters. The number of aromatic amines is 1. The number of rotatable bonds is 1. The van der Waals surface area contributed by atoms with Gasteiger partial charge < -0.3 is 10.3 Å². The molecule has 0 bridgehead atoms. The molecule has 0 aliphatic carbocycles. The Morgan fingerprint density at radius 3 is 2.90 bits per heavy atom. The van der Waals surface area contributed by atoms with E-state index in [1.165, 1.54) is 36.9 Å². The molecule has 2 nitrogen and oxygen atoms in total. The van der Waals surface area contributed by atoms with E-state index in [1.54, 1.807) is 0 Å². The van der Waals surface area contributed by atoms with Crippen LogP contribution in [0.5, 0.6) is 0 Å². The van der Waals surface area contributed by atoms with Gasteiger partial charge in [0.1, 0.15) is 0 Å². The number of hydrogen-bond donors (Lipinski definition) is 2. The SMILES string of the molecule is Cc1ccc2[nH]c3c(c2c1)CCNC3c1cccc(I)c1. The molecule has 3 heteroatoms. The molecule has 106 valence electrons. The van der Waals surface area contributed by atoms with E-state index in [1.807, 2.05) is 0 Å². The van der Waals surface area contributed by atoms with Gasteiger partial charge in [-0.1, -0.05) is 23.8 Å². The van der Waals surface area contributed by atoms with Crippen LogP contribution in [-0.2, 0) is 6.42 Å². The van der Waals surface area contributed by atoms with Gasteiger partial charge in [-0.2, -0.15) is 0 Å². The number of hydrogen-bond acceptors (Lipinski definition) is 1. The summed E-state index contributed by atoms with van der Waals surface area (Å²) in [4.78, 5) is 3.65. The molecule has 2 heterocycles. The van der Waals surface area contributed by atoms with Gasteiger partial charge in [-0.15, -0.1) is 0 Å². The molecule has 2 N–H and O–H groups in total. The summed E-state index contributed by atoms with van der Waals surface area (Å²) in [5.41, 5.74) is 6.74. The van der Waals surface area contributed by atoms with E-state index in [0.29, 0.717) is 0 Å². The minimum Gasteiger partial charge on any atom is -0.357 e. The first kappa shape index (κ1) is 13.3. The number of H-pyrrole nitrogens is 1. The van der Waals surface area contributed by atoms with Crippen LogP contribution in [0, 0.1) is 10.5 Å². The maximum atomic E-state index is 3.66. The van der Waals surface area contributed by atoms with Gasteiger partial charge in [0, 0.05) is 26.7 Å². The molecule has 21 heavy (non-hydrogen) atoms. The summed E-state index contributed by atoms with van der Waals surface area (Å²) >= 11 is 2.38. The molecule has 0 spiro atoms. The van der Waals surface area contributed by atoms with Crippen molar-refractivity contribution >= 4 is 33.5 Å².